The number of hydrogen-bond acceptors (Lipinski definition) is 5. The maximum atomic E-state index is 12.4. The molecular formula is C22H24N4O5. The topological polar surface area (TPSA) is 126 Å². The van der Waals surface area contributed by atoms with Crippen LogP contribution in [0, 0.1) is 0 Å². The summed E-state index contributed by atoms with van der Waals surface area (Å²) in [6, 6.07) is 14.2. The fraction of sp³-hybridized carbons (Fsp3) is 0.227. The number of carbonyl (C=O) groups is 2. The lowest BCUT2D eigenvalue weighted by Crippen LogP contribution is -2.20. The number of aromatic nitrogens is 2. The Morgan fingerprint density at radius 2 is 1.74 bits per heavy atom. The summed E-state index contributed by atoms with van der Waals surface area (Å²) in [4.78, 5) is 30.4. The molecule has 0 fully saturated rings. The van der Waals surface area contributed by atoms with Crippen LogP contribution in [-0.2, 0) is 6.42 Å². The van der Waals surface area contributed by atoms with Gasteiger partial charge >= 0.3 is 12.2 Å². The Morgan fingerprint density at radius 1 is 1.06 bits per heavy atom. The largest absolute Gasteiger partial charge is 0.512 e. The molecule has 1 heterocycles. The van der Waals surface area contributed by atoms with Crippen molar-refractivity contribution in [1.82, 2.24) is 9.97 Å². The van der Waals surface area contributed by atoms with E-state index in [4.69, 9.17) is 14.6 Å². The minimum absolute atomic E-state index is 0.0437. The van der Waals surface area contributed by atoms with E-state index in [1.807, 2.05) is 36.4 Å². The quantitative estimate of drug-likeness (QED) is 0.402. The van der Waals surface area contributed by atoms with Gasteiger partial charge in [-0.1, -0.05) is 38.1 Å². The molecular weight excluding hydrogens is 400 g/mol. The molecule has 1 aromatic heterocycles. The highest BCUT2D eigenvalue weighted by Gasteiger charge is 2.17. The van der Waals surface area contributed by atoms with Crippen molar-refractivity contribution in [2.75, 3.05) is 17.7 Å². The standard InChI is InChI=1S/C22H24N4O5/c1-13(2)15-6-8-16(9-7-15)23-21(27)26-19-20(31-22(28)29)25-18(24-19)12-14-4-10-17(30-3)11-5-14/h4-11,13H,12H2,1-3H3,(H,24,25)(H,28,29)(H2,23,26,27). The first kappa shape index (κ1) is 21.7. The zero-order valence-corrected chi connectivity index (χ0v) is 17.4. The number of nitrogens with zero attached hydrogens (tertiary/aromatic N) is 1. The molecule has 2 amide bonds. The Bertz CT molecular complexity index is 1040. The number of anilines is 2. The van der Waals surface area contributed by atoms with Crippen molar-refractivity contribution >= 4 is 23.7 Å². The van der Waals surface area contributed by atoms with Gasteiger partial charge in [0.15, 0.2) is 5.82 Å². The average molecular weight is 424 g/mol. The first-order valence-electron chi connectivity index (χ1n) is 9.64. The van der Waals surface area contributed by atoms with Crippen molar-refractivity contribution in [2.45, 2.75) is 26.2 Å². The van der Waals surface area contributed by atoms with Crippen LogP contribution in [0.4, 0.5) is 21.1 Å². The number of amides is 2. The van der Waals surface area contributed by atoms with Crippen LogP contribution in [0.15, 0.2) is 48.5 Å². The number of carboxylic acid groups (broad SMARTS) is 1. The number of ether oxygens (including phenoxy) is 2. The second-order valence-electron chi connectivity index (χ2n) is 7.11. The maximum Gasteiger partial charge on any atom is 0.512 e. The van der Waals surface area contributed by atoms with Gasteiger partial charge < -0.3 is 24.9 Å². The first-order valence-corrected chi connectivity index (χ1v) is 9.64. The van der Waals surface area contributed by atoms with Crippen LogP contribution in [0.1, 0.15) is 36.7 Å². The summed E-state index contributed by atoms with van der Waals surface area (Å²) < 4.78 is 9.84. The summed E-state index contributed by atoms with van der Waals surface area (Å²) in [6.45, 7) is 4.17. The lowest BCUT2D eigenvalue weighted by Gasteiger charge is -2.09. The number of aromatic amines is 1. The van der Waals surface area contributed by atoms with E-state index in [9.17, 15) is 9.59 Å². The highest BCUT2D eigenvalue weighted by molar-refractivity contribution is 6.00. The van der Waals surface area contributed by atoms with E-state index in [0.29, 0.717) is 23.9 Å². The van der Waals surface area contributed by atoms with Gasteiger partial charge in [0.2, 0.25) is 0 Å². The lowest BCUT2D eigenvalue weighted by molar-refractivity contribution is 0.143. The highest BCUT2D eigenvalue weighted by Crippen LogP contribution is 2.24. The van der Waals surface area contributed by atoms with E-state index >= 15 is 0 Å². The van der Waals surface area contributed by atoms with Crippen LogP contribution in [0.2, 0.25) is 0 Å². The van der Waals surface area contributed by atoms with Crippen LogP contribution >= 0.6 is 0 Å². The predicted octanol–water partition coefficient (Wildman–Crippen LogP) is 4.83. The molecule has 162 valence electrons. The number of methoxy groups -OCH3 is 1. The van der Waals surface area contributed by atoms with E-state index in [1.54, 1.807) is 19.2 Å². The van der Waals surface area contributed by atoms with E-state index < -0.39 is 12.2 Å². The zero-order chi connectivity index (χ0) is 22.4. The molecule has 0 aliphatic rings. The van der Waals surface area contributed by atoms with Crippen molar-refractivity contribution in [1.29, 1.82) is 0 Å². The molecule has 4 N–H and O–H groups in total. The molecule has 0 aliphatic carbocycles. The van der Waals surface area contributed by atoms with Gasteiger partial charge in [0.25, 0.3) is 5.88 Å². The second-order valence-corrected chi connectivity index (χ2v) is 7.11. The minimum Gasteiger partial charge on any atom is -0.497 e. The van der Waals surface area contributed by atoms with Gasteiger partial charge in [-0.15, -0.1) is 0 Å². The molecule has 0 aliphatic heterocycles. The molecule has 31 heavy (non-hydrogen) atoms. The van der Waals surface area contributed by atoms with Crippen LogP contribution in [0.25, 0.3) is 0 Å². The molecule has 3 rings (SSSR count). The summed E-state index contributed by atoms with van der Waals surface area (Å²) in [7, 11) is 1.58. The third-order valence-corrected chi connectivity index (χ3v) is 4.51. The number of rotatable bonds is 7. The summed E-state index contributed by atoms with van der Waals surface area (Å²) >= 11 is 0. The molecule has 0 saturated carbocycles. The number of urea groups is 1. The van der Waals surface area contributed by atoms with Crippen molar-refractivity contribution < 1.29 is 24.2 Å². The second kappa shape index (κ2) is 9.66. The fourth-order valence-electron chi connectivity index (χ4n) is 2.89. The van der Waals surface area contributed by atoms with Gasteiger partial charge in [-0.25, -0.2) is 9.59 Å². The Hall–Kier alpha value is -4.01. The SMILES string of the molecule is COc1ccc(Cc2nc(OC(=O)O)c(NC(=O)Nc3ccc(C(C)C)cc3)[nH]2)cc1. The van der Waals surface area contributed by atoms with E-state index in [2.05, 4.69) is 34.4 Å². The summed E-state index contributed by atoms with van der Waals surface area (Å²) in [5.41, 5.74) is 2.66. The summed E-state index contributed by atoms with van der Waals surface area (Å²) in [5, 5.41) is 14.2. The molecule has 9 nitrogen and oxygen atoms in total. The molecule has 0 spiro atoms. The third-order valence-electron chi connectivity index (χ3n) is 4.51. The van der Waals surface area contributed by atoms with E-state index in [1.165, 1.54) is 0 Å². The Kier molecular flexibility index (Phi) is 6.76. The monoisotopic (exact) mass is 424 g/mol. The third kappa shape index (κ3) is 5.99. The van der Waals surface area contributed by atoms with Crippen molar-refractivity contribution in [2.24, 2.45) is 0 Å². The van der Waals surface area contributed by atoms with Crippen molar-refractivity contribution in [3.05, 3.63) is 65.5 Å². The molecule has 0 atom stereocenters. The minimum atomic E-state index is -1.53. The van der Waals surface area contributed by atoms with Gasteiger partial charge in [-0.2, -0.15) is 4.98 Å². The van der Waals surface area contributed by atoms with Gasteiger partial charge in [-0.05, 0) is 41.3 Å². The highest BCUT2D eigenvalue weighted by atomic mass is 16.7. The van der Waals surface area contributed by atoms with E-state index in [-0.39, 0.29) is 11.7 Å². The van der Waals surface area contributed by atoms with Gasteiger partial charge in [-0.3, -0.25) is 5.32 Å². The molecule has 0 unspecified atom stereocenters. The zero-order valence-electron chi connectivity index (χ0n) is 17.4. The number of H-pyrrole nitrogens is 1. The van der Waals surface area contributed by atoms with Crippen LogP contribution in [0.5, 0.6) is 11.6 Å². The molecule has 0 bridgehead atoms. The van der Waals surface area contributed by atoms with Crippen LogP contribution in [0.3, 0.4) is 0 Å². The number of benzene rings is 2. The number of nitrogens with one attached hydrogen (secondary N) is 3. The van der Waals surface area contributed by atoms with Crippen LogP contribution in [-0.4, -0.2) is 34.4 Å². The lowest BCUT2D eigenvalue weighted by atomic mass is 10.0. The molecule has 3 aromatic rings. The Balaban J connectivity index is 1.72. The fourth-order valence-corrected chi connectivity index (χ4v) is 2.89. The van der Waals surface area contributed by atoms with Crippen molar-refractivity contribution in [3.8, 4) is 11.6 Å². The number of imidazole rings is 1. The van der Waals surface area contributed by atoms with Crippen molar-refractivity contribution in [3.63, 3.8) is 0 Å². The molecule has 9 heteroatoms. The molecule has 0 saturated heterocycles. The maximum absolute atomic E-state index is 12.4. The Labute approximate surface area is 179 Å². The predicted molar refractivity (Wildman–Crippen MR) is 116 cm³/mol. The average Bonchev–Trinajstić information content (AvgIpc) is 3.08. The van der Waals surface area contributed by atoms with Gasteiger partial charge in [0, 0.05) is 12.1 Å². The van der Waals surface area contributed by atoms with Gasteiger partial charge in [0.05, 0.1) is 7.11 Å². The summed E-state index contributed by atoms with van der Waals surface area (Å²) in [5.74, 6) is 1.34. The molecule has 2 aromatic carbocycles. The summed E-state index contributed by atoms with van der Waals surface area (Å²) in [6.07, 6.45) is -1.16. The first-order chi connectivity index (χ1) is 14.8. The number of hydrogen-bond donors (Lipinski definition) is 4. The number of carbonyl (C=O) groups excluding carboxylic acids is 1. The van der Waals surface area contributed by atoms with Crippen LogP contribution < -0.4 is 20.1 Å². The normalized spacial score (nSPS) is 10.6. The smallest absolute Gasteiger partial charge is 0.497 e. The molecule has 0 radical (unpaired) electrons. The van der Waals surface area contributed by atoms with Gasteiger partial charge in [0.1, 0.15) is 11.6 Å². The Morgan fingerprint density at radius 3 is 2.32 bits per heavy atom. The van der Waals surface area contributed by atoms with E-state index in [0.717, 1.165) is 16.9 Å².